The molecular formula is C28H26N2O6S. The van der Waals surface area contributed by atoms with E-state index in [9.17, 15) is 23.1 Å². The number of aromatic nitrogens is 2. The van der Waals surface area contributed by atoms with Gasteiger partial charge in [-0.25, -0.2) is 9.48 Å². The summed E-state index contributed by atoms with van der Waals surface area (Å²) in [7, 11) is -3.84. The second-order valence-corrected chi connectivity index (χ2v) is 10.2. The summed E-state index contributed by atoms with van der Waals surface area (Å²) in [5, 5.41) is 13.7. The van der Waals surface area contributed by atoms with Gasteiger partial charge in [-0.2, -0.15) is 13.5 Å². The Kier molecular flexibility index (Phi) is 7.95. The molecule has 0 aliphatic carbocycles. The van der Waals surface area contributed by atoms with Crippen LogP contribution in [-0.4, -0.2) is 35.9 Å². The summed E-state index contributed by atoms with van der Waals surface area (Å²) in [6.07, 6.45) is 0.822. The molecule has 3 aromatic carbocycles. The van der Waals surface area contributed by atoms with E-state index in [0.29, 0.717) is 25.1 Å². The van der Waals surface area contributed by atoms with Crippen LogP contribution in [0.3, 0.4) is 0 Å². The second-order valence-electron chi connectivity index (χ2n) is 8.58. The smallest absolute Gasteiger partial charge is 0.335 e. The summed E-state index contributed by atoms with van der Waals surface area (Å²) in [4.78, 5) is 23.7. The minimum Gasteiger partial charge on any atom is -0.478 e. The second kappa shape index (κ2) is 11.3. The number of carboxylic acid groups (broad SMARTS) is 1. The van der Waals surface area contributed by atoms with Gasteiger partial charge in [-0.1, -0.05) is 48.0 Å². The molecule has 1 N–H and O–H groups in total. The molecule has 0 saturated heterocycles. The molecule has 4 rings (SSSR count). The monoisotopic (exact) mass is 518 g/mol. The Morgan fingerprint density at radius 3 is 2.35 bits per heavy atom. The van der Waals surface area contributed by atoms with Crippen molar-refractivity contribution >= 4 is 16.1 Å². The average Bonchev–Trinajstić information content (AvgIpc) is 2.89. The highest BCUT2D eigenvalue weighted by molar-refractivity contribution is 7.86. The van der Waals surface area contributed by atoms with E-state index in [2.05, 4.69) is 5.10 Å². The fourth-order valence-corrected chi connectivity index (χ4v) is 4.69. The van der Waals surface area contributed by atoms with Crippen molar-refractivity contribution in [3.05, 3.63) is 118 Å². The Bertz CT molecular complexity index is 1580. The highest BCUT2D eigenvalue weighted by atomic mass is 32.2. The van der Waals surface area contributed by atoms with Crippen molar-refractivity contribution in [1.29, 1.82) is 0 Å². The lowest BCUT2D eigenvalue weighted by atomic mass is 10.1. The highest BCUT2D eigenvalue weighted by Gasteiger charge is 2.15. The van der Waals surface area contributed by atoms with E-state index in [1.807, 2.05) is 37.3 Å². The minimum atomic E-state index is -3.84. The summed E-state index contributed by atoms with van der Waals surface area (Å²) in [6, 6.07) is 23.6. The quantitative estimate of drug-likeness (QED) is 0.314. The van der Waals surface area contributed by atoms with E-state index in [1.165, 1.54) is 28.9 Å². The highest BCUT2D eigenvalue weighted by Crippen LogP contribution is 2.19. The molecule has 0 spiro atoms. The van der Waals surface area contributed by atoms with E-state index in [0.717, 1.165) is 22.3 Å². The molecule has 4 aromatic rings. The summed E-state index contributed by atoms with van der Waals surface area (Å²) in [6.45, 7) is 2.16. The third-order valence-electron chi connectivity index (χ3n) is 5.81. The van der Waals surface area contributed by atoms with Gasteiger partial charge in [0.05, 0.1) is 22.8 Å². The van der Waals surface area contributed by atoms with Crippen molar-refractivity contribution in [3.63, 3.8) is 0 Å². The maximum Gasteiger partial charge on any atom is 0.335 e. The predicted octanol–water partition coefficient (Wildman–Crippen LogP) is 4.11. The molecular weight excluding hydrogens is 492 g/mol. The van der Waals surface area contributed by atoms with Crippen molar-refractivity contribution < 1.29 is 22.5 Å². The fourth-order valence-electron chi connectivity index (χ4n) is 3.79. The van der Waals surface area contributed by atoms with E-state index in [1.54, 1.807) is 30.3 Å². The van der Waals surface area contributed by atoms with Crippen LogP contribution in [0.25, 0.3) is 11.3 Å². The molecule has 0 amide bonds. The van der Waals surface area contributed by atoms with E-state index in [4.69, 9.17) is 4.18 Å². The zero-order chi connectivity index (χ0) is 26.4. The minimum absolute atomic E-state index is 0.0119. The van der Waals surface area contributed by atoms with E-state index >= 15 is 0 Å². The number of aromatic carboxylic acids is 1. The van der Waals surface area contributed by atoms with E-state index in [-0.39, 0.29) is 22.6 Å². The summed E-state index contributed by atoms with van der Waals surface area (Å²) >= 11 is 0. The van der Waals surface area contributed by atoms with Crippen LogP contribution in [0.5, 0.6) is 0 Å². The molecule has 1 heterocycles. The normalized spacial score (nSPS) is 11.4. The number of hydrogen-bond acceptors (Lipinski definition) is 6. The zero-order valence-electron chi connectivity index (χ0n) is 20.2. The van der Waals surface area contributed by atoms with Crippen LogP contribution in [0.2, 0.25) is 0 Å². The average molecular weight is 519 g/mol. The molecule has 1 aromatic heterocycles. The Labute approximate surface area is 214 Å². The van der Waals surface area contributed by atoms with Crippen molar-refractivity contribution in [2.24, 2.45) is 0 Å². The molecule has 0 saturated carbocycles. The molecule has 9 heteroatoms. The van der Waals surface area contributed by atoms with Gasteiger partial charge in [0.25, 0.3) is 15.7 Å². The van der Waals surface area contributed by atoms with Gasteiger partial charge in [-0.05, 0) is 67.3 Å². The van der Waals surface area contributed by atoms with Crippen molar-refractivity contribution in [3.8, 4) is 11.3 Å². The molecule has 8 nitrogen and oxygen atoms in total. The summed E-state index contributed by atoms with van der Waals surface area (Å²) < 4.78 is 31.4. The number of carbonyl (C=O) groups is 1. The van der Waals surface area contributed by atoms with Gasteiger partial charge in [-0.15, -0.1) is 0 Å². The van der Waals surface area contributed by atoms with Crippen LogP contribution in [0.15, 0.2) is 94.6 Å². The third-order valence-corrected chi connectivity index (χ3v) is 7.14. The largest absolute Gasteiger partial charge is 0.478 e. The number of carboxylic acids is 1. The standard InChI is InChI=1S/C28H26N2O6S/c1-20-8-10-25(11-9-20)37(34,35)36-17-15-22-5-2-6-23(18-22)26-12-13-27(31)30(29-26)16-14-21-4-3-7-24(19-21)28(32)33/h2-13,18-19H,14-17H2,1H3,(H,32,33). The van der Waals surface area contributed by atoms with E-state index < -0.39 is 16.1 Å². The van der Waals surface area contributed by atoms with Gasteiger partial charge >= 0.3 is 5.97 Å². The van der Waals surface area contributed by atoms with Gasteiger partial charge in [-0.3, -0.25) is 8.98 Å². The van der Waals surface area contributed by atoms with Crippen LogP contribution in [0.4, 0.5) is 0 Å². The molecule has 0 atom stereocenters. The predicted molar refractivity (Wildman–Crippen MR) is 139 cm³/mol. The molecule has 0 bridgehead atoms. The van der Waals surface area contributed by atoms with Crippen molar-refractivity contribution in [2.75, 3.05) is 6.61 Å². The molecule has 37 heavy (non-hydrogen) atoms. The van der Waals surface area contributed by atoms with Crippen LogP contribution in [-0.2, 0) is 33.7 Å². The summed E-state index contributed by atoms with van der Waals surface area (Å²) in [5.41, 5.74) is 3.92. The number of aryl methyl sites for hydroxylation is 3. The Morgan fingerprint density at radius 1 is 0.919 bits per heavy atom. The van der Waals surface area contributed by atoms with Gasteiger partial charge < -0.3 is 5.11 Å². The van der Waals surface area contributed by atoms with Crippen LogP contribution >= 0.6 is 0 Å². The van der Waals surface area contributed by atoms with Crippen LogP contribution in [0, 0.1) is 6.92 Å². The Hall–Kier alpha value is -4.08. The number of rotatable bonds is 10. The third kappa shape index (κ3) is 6.78. The molecule has 0 aliphatic heterocycles. The van der Waals surface area contributed by atoms with Crippen molar-refractivity contribution in [2.45, 2.75) is 31.2 Å². The molecule has 190 valence electrons. The number of benzene rings is 3. The topological polar surface area (TPSA) is 116 Å². The van der Waals surface area contributed by atoms with Gasteiger partial charge in [0.2, 0.25) is 0 Å². The van der Waals surface area contributed by atoms with Gasteiger partial charge in [0.1, 0.15) is 0 Å². The molecule has 0 radical (unpaired) electrons. The van der Waals surface area contributed by atoms with Crippen LogP contribution in [0.1, 0.15) is 27.0 Å². The summed E-state index contributed by atoms with van der Waals surface area (Å²) in [5.74, 6) is -1.00. The van der Waals surface area contributed by atoms with Gasteiger partial charge in [0, 0.05) is 18.2 Å². The molecule has 0 aliphatic rings. The first-order chi connectivity index (χ1) is 17.7. The lowest BCUT2D eigenvalue weighted by molar-refractivity contribution is 0.0696. The Morgan fingerprint density at radius 2 is 1.62 bits per heavy atom. The first kappa shape index (κ1) is 26.0. The molecule has 0 unspecified atom stereocenters. The maximum absolute atomic E-state index is 12.4. The zero-order valence-corrected chi connectivity index (χ0v) is 21.0. The van der Waals surface area contributed by atoms with Crippen LogP contribution < -0.4 is 5.56 Å². The molecule has 0 fully saturated rings. The Balaban J connectivity index is 1.43. The first-order valence-electron chi connectivity index (χ1n) is 11.7. The maximum atomic E-state index is 12.4. The van der Waals surface area contributed by atoms with Gasteiger partial charge in [0.15, 0.2) is 0 Å². The lowest BCUT2D eigenvalue weighted by Crippen LogP contribution is -2.23. The number of hydrogen-bond donors (Lipinski definition) is 1. The SMILES string of the molecule is Cc1ccc(S(=O)(=O)OCCc2cccc(-c3ccc(=O)n(CCc4cccc(C(=O)O)c4)n3)c2)cc1. The first-order valence-corrected chi connectivity index (χ1v) is 13.1. The lowest BCUT2D eigenvalue weighted by Gasteiger charge is -2.10. The number of nitrogens with zero attached hydrogens (tertiary/aromatic N) is 2. The van der Waals surface area contributed by atoms with Crippen molar-refractivity contribution in [1.82, 2.24) is 9.78 Å². The fraction of sp³-hybridized carbons (Fsp3) is 0.179.